The molecule has 3 rings (SSSR count). The second-order valence-corrected chi connectivity index (χ2v) is 7.93. The van der Waals surface area contributed by atoms with E-state index in [0.29, 0.717) is 26.1 Å². The molecule has 2 aliphatic rings. The fraction of sp³-hybridized carbons (Fsp3) is 0.533. The Bertz CT molecular complexity index is 697. The summed E-state index contributed by atoms with van der Waals surface area (Å²) in [5, 5.41) is 9.32. The Morgan fingerprint density at radius 3 is 2.43 bits per heavy atom. The van der Waals surface area contributed by atoms with E-state index in [1.54, 1.807) is 0 Å². The van der Waals surface area contributed by atoms with Crippen molar-refractivity contribution < 1.29 is 27.4 Å². The molecule has 0 aliphatic carbocycles. The zero-order chi connectivity index (χ0) is 16.7. The molecular weight excluding hydrogens is 325 g/mol. The van der Waals surface area contributed by atoms with E-state index in [-0.39, 0.29) is 17.9 Å². The van der Waals surface area contributed by atoms with Crippen LogP contribution in [0.3, 0.4) is 0 Å². The standard InChI is InChI=1S/C15H18FNO5S/c16-12-1-3-13(4-2-12)23(20,21)17-10-11(14(18)19)9-15(17)5-7-22-8-6-15/h1-4,11H,5-10H2,(H,18,19). The lowest BCUT2D eigenvalue weighted by atomic mass is 9.86. The fourth-order valence-corrected chi connectivity index (χ4v) is 5.35. The van der Waals surface area contributed by atoms with Gasteiger partial charge in [-0.3, -0.25) is 4.79 Å². The third-order valence-corrected chi connectivity index (χ3v) is 6.70. The van der Waals surface area contributed by atoms with Gasteiger partial charge in [0, 0.05) is 25.3 Å². The van der Waals surface area contributed by atoms with E-state index in [2.05, 4.69) is 0 Å². The molecule has 2 saturated heterocycles. The molecule has 1 atom stereocenters. The maximum Gasteiger partial charge on any atom is 0.307 e. The lowest BCUT2D eigenvalue weighted by Crippen LogP contribution is -2.50. The van der Waals surface area contributed by atoms with E-state index in [4.69, 9.17) is 4.74 Å². The van der Waals surface area contributed by atoms with Crippen LogP contribution in [0.4, 0.5) is 4.39 Å². The van der Waals surface area contributed by atoms with Crippen LogP contribution in [-0.2, 0) is 19.6 Å². The molecule has 2 fully saturated rings. The summed E-state index contributed by atoms with van der Waals surface area (Å²) in [6.45, 7) is 0.749. The number of rotatable bonds is 3. The van der Waals surface area contributed by atoms with Crippen molar-refractivity contribution in [2.24, 2.45) is 5.92 Å². The first-order chi connectivity index (χ1) is 10.8. The van der Waals surface area contributed by atoms with E-state index in [9.17, 15) is 22.7 Å². The molecular formula is C15H18FNO5S. The second kappa shape index (κ2) is 5.85. The molecule has 1 aromatic carbocycles. The molecule has 0 bridgehead atoms. The molecule has 0 saturated carbocycles. The van der Waals surface area contributed by atoms with Gasteiger partial charge in [-0.1, -0.05) is 0 Å². The van der Waals surface area contributed by atoms with Crippen LogP contribution in [0.2, 0.25) is 0 Å². The van der Waals surface area contributed by atoms with Gasteiger partial charge in [-0.25, -0.2) is 12.8 Å². The molecule has 1 unspecified atom stereocenters. The number of hydrogen-bond acceptors (Lipinski definition) is 4. The van der Waals surface area contributed by atoms with Crippen LogP contribution in [0.1, 0.15) is 19.3 Å². The van der Waals surface area contributed by atoms with Crippen LogP contribution >= 0.6 is 0 Å². The summed E-state index contributed by atoms with van der Waals surface area (Å²) in [6, 6.07) is 4.61. The summed E-state index contributed by atoms with van der Waals surface area (Å²) in [5.74, 6) is -2.24. The second-order valence-electron chi connectivity index (χ2n) is 6.07. The Kier molecular flexibility index (Phi) is 4.16. The monoisotopic (exact) mass is 343 g/mol. The SMILES string of the molecule is O=C(O)C1CN(S(=O)(=O)c2ccc(F)cc2)C2(CCOCC2)C1. The van der Waals surface area contributed by atoms with Gasteiger partial charge in [0.15, 0.2) is 0 Å². The number of carboxylic acids is 1. The van der Waals surface area contributed by atoms with Crippen LogP contribution in [-0.4, -0.2) is 49.1 Å². The average molecular weight is 343 g/mol. The van der Waals surface area contributed by atoms with Crippen LogP contribution in [0.15, 0.2) is 29.2 Å². The number of hydrogen-bond donors (Lipinski definition) is 1. The number of aliphatic carboxylic acids is 1. The van der Waals surface area contributed by atoms with Gasteiger partial charge in [0.2, 0.25) is 10.0 Å². The highest BCUT2D eigenvalue weighted by Crippen LogP contribution is 2.43. The Hall–Kier alpha value is -1.51. The third-order valence-electron chi connectivity index (χ3n) is 4.72. The van der Waals surface area contributed by atoms with Gasteiger partial charge in [-0.2, -0.15) is 4.31 Å². The zero-order valence-electron chi connectivity index (χ0n) is 12.4. The average Bonchev–Trinajstić information content (AvgIpc) is 2.88. The van der Waals surface area contributed by atoms with E-state index >= 15 is 0 Å². The minimum atomic E-state index is -3.88. The fourth-order valence-electron chi connectivity index (χ4n) is 3.48. The number of carbonyl (C=O) groups is 1. The van der Waals surface area contributed by atoms with Gasteiger partial charge < -0.3 is 9.84 Å². The largest absolute Gasteiger partial charge is 0.481 e. The van der Waals surface area contributed by atoms with Crippen molar-refractivity contribution in [3.8, 4) is 0 Å². The normalized spacial score (nSPS) is 24.8. The molecule has 1 spiro atoms. The minimum Gasteiger partial charge on any atom is -0.481 e. The van der Waals surface area contributed by atoms with Crippen molar-refractivity contribution >= 4 is 16.0 Å². The highest BCUT2D eigenvalue weighted by Gasteiger charge is 2.53. The molecule has 0 aromatic heterocycles. The molecule has 1 N–H and O–H groups in total. The van der Waals surface area contributed by atoms with Crippen LogP contribution < -0.4 is 0 Å². The number of nitrogens with zero attached hydrogens (tertiary/aromatic N) is 1. The lowest BCUT2D eigenvalue weighted by Gasteiger charge is -2.40. The third kappa shape index (κ3) is 2.86. The summed E-state index contributed by atoms with van der Waals surface area (Å²) < 4.78 is 45.6. The van der Waals surface area contributed by atoms with Crippen molar-refractivity contribution in [3.63, 3.8) is 0 Å². The van der Waals surface area contributed by atoms with Crippen LogP contribution in [0, 0.1) is 11.7 Å². The number of carboxylic acid groups (broad SMARTS) is 1. The van der Waals surface area contributed by atoms with Crippen molar-refractivity contribution in [1.29, 1.82) is 0 Å². The molecule has 2 heterocycles. The summed E-state index contributed by atoms with van der Waals surface area (Å²) in [6.07, 6.45) is 1.22. The maximum absolute atomic E-state index is 13.1. The zero-order valence-corrected chi connectivity index (χ0v) is 13.3. The molecule has 0 radical (unpaired) electrons. The molecule has 0 amide bonds. The van der Waals surface area contributed by atoms with Gasteiger partial charge in [0.05, 0.1) is 10.8 Å². The number of ether oxygens (including phenoxy) is 1. The number of sulfonamides is 1. The number of benzene rings is 1. The van der Waals surface area contributed by atoms with Crippen molar-refractivity contribution in [3.05, 3.63) is 30.1 Å². The van der Waals surface area contributed by atoms with Crippen molar-refractivity contribution in [1.82, 2.24) is 4.31 Å². The molecule has 126 valence electrons. The smallest absolute Gasteiger partial charge is 0.307 e. The van der Waals surface area contributed by atoms with Gasteiger partial charge >= 0.3 is 5.97 Å². The number of halogens is 1. The lowest BCUT2D eigenvalue weighted by molar-refractivity contribution is -0.141. The van der Waals surface area contributed by atoms with Crippen LogP contribution in [0.5, 0.6) is 0 Å². The van der Waals surface area contributed by atoms with Crippen molar-refractivity contribution in [2.75, 3.05) is 19.8 Å². The van der Waals surface area contributed by atoms with Gasteiger partial charge in [0.1, 0.15) is 5.82 Å². The first-order valence-electron chi connectivity index (χ1n) is 7.44. The Labute approximate surface area is 133 Å². The summed E-state index contributed by atoms with van der Waals surface area (Å²) >= 11 is 0. The molecule has 1 aromatic rings. The summed E-state index contributed by atoms with van der Waals surface area (Å²) in [4.78, 5) is 11.4. The molecule has 8 heteroatoms. The van der Waals surface area contributed by atoms with E-state index < -0.39 is 33.3 Å². The quantitative estimate of drug-likeness (QED) is 0.898. The molecule has 23 heavy (non-hydrogen) atoms. The minimum absolute atomic E-state index is 0.0178. The molecule has 6 nitrogen and oxygen atoms in total. The van der Waals surface area contributed by atoms with Gasteiger partial charge in [0.25, 0.3) is 0 Å². The Morgan fingerprint density at radius 1 is 1.26 bits per heavy atom. The van der Waals surface area contributed by atoms with Gasteiger partial charge in [-0.15, -0.1) is 0 Å². The highest BCUT2D eigenvalue weighted by atomic mass is 32.2. The Balaban J connectivity index is 2.00. The topological polar surface area (TPSA) is 83.9 Å². The predicted octanol–water partition coefficient (Wildman–Crippen LogP) is 1.47. The predicted molar refractivity (Wildman–Crippen MR) is 78.8 cm³/mol. The van der Waals surface area contributed by atoms with E-state index in [0.717, 1.165) is 12.1 Å². The maximum atomic E-state index is 13.1. The van der Waals surface area contributed by atoms with E-state index in [1.807, 2.05) is 0 Å². The summed E-state index contributed by atoms with van der Waals surface area (Å²) in [7, 11) is -3.88. The van der Waals surface area contributed by atoms with Gasteiger partial charge in [-0.05, 0) is 43.5 Å². The summed E-state index contributed by atoms with van der Waals surface area (Å²) in [5.41, 5.74) is -0.728. The first kappa shape index (κ1) is 16.4. The first-order valence-corrected chi connectivity index (χ1v) is 8.88. The van der Waals surface area contributed by atoms with Crippen LogP contribution in [0.25, 0.3) is 0 Å². The molecule has 2 aliphatic heterocycles. The van der Waals surface area contributed by atoms with E-state index in [1.165, 1.54) is 16.4 Å². The highest BCUT2D eigenvalue weighted by molar-refractivity contribution is 7.89. The Morgan fingerprint density at radius 2 is 1.87 bits per heavy atom. The van der Waals surface area contributed by atoms with Crippen molar-refractivity contribution in [2.45, 2.75) is 29.7 Å².